The highest BCUT2D eigenvalue weighted by Gasteiger charge is 2.29. The SMILES string of the molecule is CC(C)CCCC(C)NS(=O)(=O)N1CCCC(CO)C1. The predicted octanol–water partition coefficient (Wildman–Crippen LogP) is 1.74. The molecule has 0 spiro atoms. The van der Waals surface area contributed by atoms with Gasteiger partial charge in [-0.2, -0.15) is 17.4 Å². The number of piperidine rings is 1. The minimum Gasteiger partial charge on any atom is -0.396 e. The van der Waals surface area contributed by atoms with Gasteiger partial charge in [-0.05, 0) is 38.0 Å². The summed E-state index contributed by atoms with van der Waals surface area (Å²) in [4.78, 5) is 0. The number of nitrogens with zero attached hydrogens (tertiary/aromatic N) is 1. The lowest BCUT2D eigenvalue weighted by molar-refractivity contribution is 0.164. The minimum absolute atomic E-state index is 0.0340. The fourth-order valence-electron chi connectivity index (χ4n) is 2.61. The fraction of sp³-hybridized carbons (Fsp3) is 1.00. The van der Waals surface area contributed by atoms with Crippen LogP contribution in [0, 0.1) is 11.8 Å². The molecule has 1 fully saturated rings. The highest BCUT2D eigenvalue weighted by molar-refractivity contribution is 7.87. The predicted molar refractivity (Wildman–Crippen MR) is 81.6 cm³/mol. The van der Waals surface area contributed by atoms with Crippen molar-refractivity contribution in [1.29, 1.82) is 0 Å². The molecule has 0 bridgehead atoms. The Morgan fingerprint density at radius 2 is 2.00 bits per heavy atom. The van der Waals surface area contributed by atoms with Crippen LogP contribution in [0.2, 0.25) is 0 Å². The molecule has 20 heavy (non-hydrogen) atoms. The standard InChI is InChI=1S/C14H30N2O3S/c1-12(2)6-4-7-13(3)15-20(18,19)16-9-5-8-14(10-16)11-17/h12-15,17H,4-11H2,1-3H3. The Bertz CT molecular complexity index is 371. The van der Waals surface area contributed by atoms with Crippen LogP contribution in [-0.2, 0) is 10.2 Å². The Morgan fingerprint density at radius 3 is 2.60 bits per heavy atom. The molecule has 2 N–H and O–H groups in total. The van der Waals surface area contributed by atoms with Crippen molar-refractivity contribution in [1.82, 2.24) is 9.03 Å². The monoisotopic (exact) mass is 306 g/mol. The van der Waals surface area contributed by atoms with E-state index in [9.17, 15) is 13.5 Å². The first-order chi connectivity index (χ1) is 9.35. The molecule has 1 heterocycles. The third-order valence-corrected chi connectivity index (χ3v) is 5.56. The van der Waals surface area contributed by atoms with Gasteiger partial charge >= 0.3 is 0 Å². The summed E-state index contributed by atoms with van der Waals surface area (Å²) in [6, 6.07) is -0.0340. The summed E-state index contributed by atoms with van der Waals surface area (Å²) in [5, 5.41) is 9.18. The normalized spacial score (nSPS) is 23.1. The lowest BCUT2D eigenvalue weighted by atomic mass is 10.0. The molecule has 1 rings (SSSR count). The number of aliphatic hydroxyl groups excluding tert-OH is 1. The van der Waals surface area contributed by atoms with Gasteiger partial charge in [0.2, 0.25) is 0 Å². The van der Waals surface area contributed by atoms with E-state index < -0.39 is 10.2 Å². The van der Waals surface area contributed by atoms with E-state index in [1.807, 2.05) is 6.92 Å². The second-order valence-electron chi connectivity index (χ2n) is 6.40. The molecule has 1 saturated heterocycles. The zero-order valence-corrected chi connectivity index (χ0v) is 13.8. The van der Waals surface area contributed by atoms with Crippen molar-refractivity contribution in [3.8, 4) is 0 Å². The summed E-state index contributed by atoms with van der Waals surface area (Å²) in [7, 11) is -3.40. The van der Waals surface area contributed by atoms with Crippen LogP contribution in [0.4, 0.5) is 0 Å². The van der Waals surface area contributed by atoms with Gasteiger partial charge in [-0.1, -0.05) is 26.7 Å². The molecule has 0 aromatic carbocycles. The Balaban J connectivity index is 2.43. The van der Waals surface area contributed by atoms with Crippen LogP contribution in [0.5, 0.6) is 0 Å². The smallest absolute Gasteiger partial charge is 0.279 e. The fourth-order valence-corrected chi connectivity index (χ4v) is 4.17. The summed E-state index contributed by atoms with van der Waals surface area (Å²) in [6.07, 6.45) is 4.78. The maximum atomic E-state index is 12.3. The molecule has 0 saturated carbocycles. The number of rotatable bonds is 8. The van der Waals surface area contributed by atoms with E-state index in [1.165, 1.54) is 4.31 Å². The second kappa shape index (κ2) is 8.32. The quantitative estimate of drug-likeness (QED) is 0.717. The molecule has 0 aromatic rings. The summed E-state index contributed by atoms with van der Waals surface area (Å²) < 4.78 is 28.8. The summed E-state index contributed by atoms with van der Waals surface area (Å²) in [5.74, 6) is 0.739. The van der Waals surface area contributed by atoms with Crippen molar-refractivity contribution < 1.29 is 13.5 Å². The van der Waals surface area contributed by atoms with Gasteiger partial charge in [0.05, 0.1) is 0 Å². The van der Waals surface area contributed by atoms with Gasteiger partial charge in [-0.15, -0.1) is 0 Å². The van der Waals surface area contributed by atoms with Crippen molar-refractivity contribution in [3.05, 3.63) is 0 Å². The summed E-state index contributed by atoms with van der Waals surface area (Å²) in [5.41, 5.74) is 0. The van der Waals surface area contributed by atoms with Crippen molar-refractivity contribution in [2.75, 3.05) is 19.7 Å². The number of hydrogen-bond donors (Lipinski definition) is 2. The van der Waals surface area contributed by atoms with E-state index in [-0.39, 0.29) is 18.6 Å². The van der Waals surface area contributed by atoms with Gasteiger partial charge in [0.1, 0.15) is 0 Å². The molecule has 2 unspecified atom stereocenters. The minimum atomic E-state index is -3.40. The zero-order chi connectivity index (χ0) is 15.2. The highest BCUT2D eigenvalue weighted by atomic mass is 32.2. The first-order valence-corrected chi connectivity index (χ1v) is 9.17. The molecular weight excluding hydrogens is 276 g/mol. The molecule has 0 aromatic heterocycles. The van der Waals surface area contributed by atoms with Gasteiger partial charge in [-0.3, -0.25) is 0 Å². The van der Waals surface area contributed by atoms with E-state index in [0.717, 1.165) is 32.1 Å². The van der Waals surface area contributed by atoms with Gasteiger partial charge < -0.3 is 5.11 Å². The van der Waals surface area contributed by atoms with Crippen LogP contribution >= 0.6 is 0 Å². The van der Waals surface area contributed by atoms with E-state index >= 15 is 0 Å². The molecule has 0 amide bonds. The second-order valence-corrected chi connectivity index (χ2v) is 8.10. The highest BCUT2D eigenvalue weighted by Crippen LogP contribution is 2.18. The zero-order valence-electron chi connectivity index (χ0n) is 13.0. The lowest BCUT2D eigenvalue weighted by Crippen LogP contribution is -2.48. The summed E-state index contributed by atoms with van der Waals surface area (Å²) >= 11 is 0. The largest absolute Gasteiger partial charge is 0.396 e. The van der Waals surface area contributed by atoms with E-state index in [1.54, 1.807) is 0 Å². The average Bonchev–Trinajstić information content (AvgIpc) is 2.37. The molecule has 2 atom stereocenters. The lowest BCUT2D eigenvalue weighted by Gasteiger charge is -2.31. The number of aliphatic hydroxyl groups is 1. The molecule has 5 nitrogen and oxygen atoms in total. The maximum Gasteiger partial charge on any atom is 0.279 e. The average molecular weight is 306 g/mol. The Kier molecular flexibility index (Phi) is 7.43. The molecule has 6 heteroatoms. The molecule has 1 aliphatic rings. The van der Waals surface area contributed by atoms with Crippen molar-refractivity contribution in [2.45, 2.75) is 58.9 Å². The van der Waals surface area contributed by atoms with Gasteiger partial charge in [0, 0.05) is 25.7 Å². The van der Waals surface area contributed by atoms with Crippen LogP contribution in [0.1, 0.15) is 52.9 Å². The molecule has 120 valence electrons. The molecule has 0 aliphatic carbocycles. The molecule has 0 radical (unpaired) electrons. The molecular formula is C14H30N2O3S. The van der Waals surface area contributed by atoms with Gasteiger partial charge in [-0.25, -0.2) is 0 Å². The van der Waals surface area contributed by atoms with Crippen LogP contribution in [0.15, 0.2) is 0 Å². The molecule has 1 aliphatic heterocycles. The van der Waals surface area contributed by atoms with Crippen LogP contribution in [0.25, 0.3) is 0 Å². The Hall–Kier alpha value is -0.170. The Morgan fingerprint density at radius 1 is 1.30 bits per heavy atom. The topological polar surface area (TPSA) is 69.6 Å². The van der Waals surface area contributed by atoms with E-state index in [4.69, 9.17) is 0 Å². The van der Waals surface area contributed by atoms with E-state index in [0.29, 0.717) is 19.0 Å². The third kappa shape index (κ3) is 6.08. The third-order valence-electron chi connectivity index (χ3n) is 3.85. The Labute approximate surface area is 123 Å². The number of hydrogen-bond acceptors (Lipinski definition) is 3. The van der Waals surface area contributed by atoms with Crippen molar-refractivity contribution in [2.24, 2.45) is 11.8 Å². The van der Waals surface area contributed by atoms with Crippen LogP contribution < -0.4 is 4.72 Å². The maximum absolute atomic E-state index is 12.3. The summed E-state index contributed by atoms with van der Waals surface area (Å²) in [6.45, 7) is 7.34. The van der Waals surface area contributed by atoms with Gasteiger partial charge in [0.25, 0.3) is 10.2 Å². The first-order valence-electron chi connectivity index (χ1n) is 7.73. The van der Waals surface area contributed by atoms with E-state index in [2.05, 4.69) is 18.6 Å². The van der Waals surface area contributed by atoms with Gasteiger partial charge in [0.15, 0.2) is 0 Å². The van der Waals surface area contributed by atoms with Crippen molar-refractivity contribution >= 4 is 10.2 Å². The number of nitrogens with one attached hydrogen (secondary N) is 1. The van der Waals surface area contributed by atoms with Crippen LogP contribution in [-0.4, -0.2) is 43.6 Å². The van der Waals surface area contributed by atoms with Crippen molar-refractivity contribution in [3.63, 3.8) is 0 Å². The van der Waals surface area contributed by atoms with Crippen LogP contribution in [0.3, 0.4) is 0 Å². The first kappa shape index (κ1) is 17.9.